The molecule has 84 valence electrons. The first kappa shape index (κ1) is 12.0. The minimum absolute atomic E-state index is 0.203. The average molecular weight is 200 g/mol. The minimum atomic E-state index is -0.203. The van der Waals surface area contributed by atoms with E-state index in [4.69, 9.17) is 0 Å². The van der Waals surface area contributed by atoms with Crippen LogP contribution in [-0.2, 0) is 0 Å². The van der Waals surface area contributed by atoms with Crippen molar-refractivity contribution in [3.05, 3.63) is 0 Å². The highest BCUT2D eigenvalue weighted by atomic mass is 16.3. The summed E-state index contributed by atoms with van der Waals surface area (Å²) in [5.41, 5.74) is 0. The highest BCUT2D eigenvalue weighted by Gasteiger charge is 2.21. The van der Waals surface area contributed by atoms with E-state index in [0.717, 1.165) is 26.2 Å². The Kier molecular flexibility index (Phi) is 4.85. The molecule has 0 radical (unpaired) electrons. The molecule has 1 N–H and O–H groups in total. The van der Waals surface area contributed by atoms with Gasteiger partial charge >= 0.3 is 0 Å². The number of nitrogens with zero attached hydrogens (tertiary/aromatic N) is 2. The van der Waals surface area contributed by atoms with Crippen LogP contribution >= 0.6 is 0 Å². The lowest BCUT2D eigenvalue weighted by Crippen LogP contribution is -2.42. The second-order valence-corrected chi connectivity index (χ2v) is 4.44. The Labute approximate surface area is 87.7 Å². The van der Waals surface area contributed by atoms with E-state index in [0.29, 0.717) is 6.04 Å². The summed E-state index contributed by atoms with van der Waals surface area (Å²) in [4.78, 5) is 4.90. The van der Waals surface area contributed by atoms with Gasteiger partial charge in [-0.15, -0.1) is 0 Å². The average Bonchev–Trinajstić information content (AvgIpc) is 2.28. The molecule has 2 unspecified atom stereocenters. The standard InChI is InChI=1S/C11H24N2O/c1-4-12-6-5-7-13(9-11(3)14)10(2)8-12/h10-11,14H,4-9H2,1-3H3. The van der Waals surface area contributed by atoms with Gasteiger partial charge in [0, 0.05) is 19.1 Å². The van der Waals surface area contributed by atoms with Crippen molar-refractivity contribution in [3.8, 4) is 0 Å². The molecule has 0 aromatic carbocycles. The van der Waals surface area contributed by atoms with Gasteiger partial charge in [-0.1, -0.05) is 6.92 Å². The molecule has 0 amide bonds. The van der Waals surface area contributed by atoms with Crippen molar-refractivity contribution in [1.82, 2.24) is 9.80 Å². The van der Waals surface area contributed by atoms with Crippen molar-refractivity contribution >= 4 is 0 Å². The number of β-amino-alcohol motifs (C(OH)–C–C–N with tert-alkyl or cyclic N) is 1. The third kappa shape index (κ3) is 3.56. The van der Waals surface area contributed by atoms with Gasteiger partial charge in [0.1, 0.15) is 0 Å². The zero-order valence-electron chi connectivity index (χ0n) is 9.74. The monoisotopic (exact) mass is 200 g/mol. The smallest absolute Gasteiger partial charge is 0.0639 e. The first-order chi connectivity index (χ1) is 6.63. The molecule has 3 nitrogen and oxygen atoms in total. The van der Waals surface area contributed by atoms with E-state index in [1.54, 1.807) is 0 Å². The van der Waals surface area contributed by atoms with Gasteiger partial charge < -0.3 is 10.0 Å². The van der Waals surface area contributed by atoms with Crippen LogP contribution in [0, 0.1) is 0 Å². The number of likely N-dealkylation sites (N-methyl/N-ethyl adjacent to an activating group) is 1. The Bertz CT molecular complexity index is 161. The lowest BCUT2D eigenvalue weighted by Gasteiger charge is -2.29. The van der Waals surface area contributed by atoms with Crippen LogP contribution < -0.4 is 0 Å². The third-order valence-electron chi connectivity index (χ3n) is 3.01. The van der Waals surface area contributed by atoms with Crippen molar-refractivity contribution in [2.45, 2.75) is 39.3 Å². The van der Waals surface area contributed by atoms with Crippen LogP contribution in [0.3, 0.4) is 0 Å². The predicted octanol–water partition coefficient (Wildman–Crippen LogP) is 0.783. The molecule has 0 bridgehead atoms. The SMILES string of the molecule is CCN1CCCN(CC(C)O)C(C)C1. The molecule has 0 aromatic heterocycles. The Hall–Kier alpha value is -0.120. The highest BCUT2D eigenvalue weighted by Crippen LogP contribution is 2.09. The summed E-state index contributed by atoms with van der Waals surface area (Å²) in [5.74, 6) is 0. The largest absolute Gasteiger partial charge is 0.392 e. The van der Waals surface area contributed by atoms with E-state index in [2.05, 4.69) is 23.6 Å². The number of aliphatic hydroxyl groups is 1. The van der Waals surface area contributed by atoms with E-state index < -0.39 is 0 Å². The zero-order chi connectivity index (χ0) is 10.6. The Morgan fingerprint density at radius 2 is 2.14 bits per heavy atom. The Morgan fingerprint density at radius 3 is 2.71 bits per heavy atom. The predicted molar refractivity (Wildman–Crippen MR) is 59.4 cm³/mol. The third-order valence-corrected chi connectivity index (χ3v) is 3.01. The van der Waals surface area contributed by atoms with E-state index >= 15 is 0 Å². The van der Waals surface area contributed by atoms with E-state index in [1.807, 2.05) is 6.92 Å². The van der Waals surface area contributed by atoms with Crippen LogP contribution in [0.25, 0.3) is 0 Å². The lowest BCUT2D eigenvalue weighted by atomic mass is 10.2. The van der Waals surface area contributed by atoms with Gasteiger partial charge in [0.05, 0.1) is 6.10 Å². The molecule has 0 aromatic rings. The van der Waals surface area contributed by atoms with Crippen LogP contribution in [0.15, 0.2) is 0 Å². The van der Waals surface area contributed by atoms with Crippen molar-refractivity contribution in [2.24, 2.45) is 0 Å². The van der Waals surface area contributed by atoms with Crippen LogP contribution in [-0.4, -0.2) is 59.8 Å². The van der Waals surface area contributed by atoms with Crippen LogP contribution in [0.4, 0.5) is 0 Å². The van der Waals surface area contributed by atoms with Crippen molar-refractivity contribution in [1.29, 1.82) is 0 Å². The molecular formula is C11H24N2O. The fourth-order valence-corrected chi connectivity index (χ4v) is 2.20. The molecule has 3 heteroatoms. The van der Waals surface area contributed by atoms with Gasteiger partial charge in [-0.05, 0) is 39.9 Å². The number of hydrogen-bond acceptors (Lipinski definition) is 3. The normalized spacial score (nSPS) is 28.7. The maximum Gasteiger partial charge on any atom is 0.0639 e. The number of rotatable bonds is 3. The molecule has 1 rings (SSSR count). The van der Waals surface area contributed by atoms with Crippen LogP contribution in [0.2, 0.25) is 0 Å². The molecule has 1 heterocycles. The van der Waals surface area contributed by atoms with Gasteiger partial charge in [-0.3, -0.25) is 4.90 Å². The van der Waals surface area contributed by atoms with Gasteiger partial charge in [0.2, 0.25) is 0 Å². The molecule has 14 heavy (non-hydrogen) atoms. The molecule has 1 fully saturated rings. The summed E-state index contributed by atoms with van der Waals surface area (Å²) in [5, 5.41) is 9.38. The molecule has 1 aliphatic rings. The summed E-state index contributed by atoms with van der Waals surface area (Å²) >= 11 is 0. The topological polar surface area (TPSA) is 26.7 Å². The van der Waals surface area contributed by atoms with E-state index in [9.17, 15) is 5.11 Å². The van der Waals surface area contributed by atoms with Crippen LogP contribution in [0.1, 0.15) is 27.2 Å². The molecule has 0 saturated carbocycles. The highest BCUT2D eigenvalue weighted by molar-refractivity contribution is 4.77. The van der Waals surface area contributed by atoms with Gasteiger partial charge in [0.25, 0.3) is 0 Å². The van der Waals surface area contributed by atoms with E-state index in [-0.39, 0.29) is 6.10 Å². The molecule has 1 saturated heterocycles. The summed E-state index contributed by atoms with van der Waals surface area (Å²) in [7, 11) is 0. The van der Waals surface area contributed by atoms with Gasteiger partial charge in [-0.25, -0.2) is 0 Å². The number of hydrogen-bond donors (Lipinski definition) is 1. The number of aliphatic hydroxyl groups excluding tert-OH is 1. The maximum atomic E-state index is 9.38. The van der Waals surface area contributed by atoms with Crippen molar-refractivity contribution in [3.63, 3.8) is 0 Å². The Balaban J connectivity index is 2.44. The summed E-state index contributed by atoms with van der Waals surface area (Å²) in [6, 6.07) is 0.576. The Morgan fingerprint density at radius 1 is 1.43 bits per heavy atom. The molecule has 0 aliphatic carbocycles. The van der Waals surface area contributed by atoms with Crippen molar-refractivity contribution < 1.29 is 5.11 Å². The first-order valence-corrected chi connectivity index (χ1v) is 5.78. The zero-order valence-corrected chi connectivity index (χ0v) is 9.74. The van der Waals surface area contributed by atoms with Gasteiger partial charge in [-0.2, -0.15) is 0 Å². The molecule has 1 aliphatic heterocycles. The van der Waals surface area contributed by atoms with Crippen molar-refractivity contribution in [2.75, 3.05) is 32.7 Å². The fraction of sp³-hybridized carbons (Fsp3) is 1.00. The summed E-state index contributed by atoms with van der Waals surface area (Å²) in [6.45, 7) is 11.8. The van der Waals surface area contributed by atoms with Crippen LogP contribution in [0.5, 0.6) is 0 Å². The molecular weight excluding hydrogens is 176 g/mol. The first-order valence-electron chi connectivity index (χ1n) is 5.78. The maximum absolute atomic E-state index is 9.38. The summed E-state index contributed by atoms with van der Waals surface area (Å²) in [6.07, 6.45) is 1.02. The second kappa shape index (κ2) is 5.69. The molecule has 0 spiro atoms. The van der Waals surface area contributed by atoms with Gasteiger partial charge in [0.15, 0.2) is 0 Å². The summed E-state index contributed by atoms with van der Waals surface area (Å²) < 4.78 is 0. The second-order valence-electron chi connectivity index (χ2n) is 4.44. The lowest BCUT2D eigenvalue weighted by molar-refractivity contribution is 0.102. The molecule has 2 atom stereocenters. The van der Waals surface area contributed by atoms with E-state index in [1.165, 1.54) is 13.0 Å². The quantitative estimate of drug-likeness (QED) is 0.729. The minimum Gasteiger partial charge on any atom is -0.392 e. The fourth-order valence-electron chi connectivity index (χ4n) is 2.20.